The Labute approximate surface area is 145 Å². The molecule has 1 aromatic heterocycles. The van der Waals surface area contributed by atoms with E-state index in [0.717, 1.165) is 44.5 Å². The van der Waals surface area contributed by atoms with Gasteiger partial charge in [-0.1, -0.05) is 13.0 Å². The number of carbonyl (C=O) groups excluding carboxylic acids is 1. The minimum atomic E-state index is -0.106. The van der Waals surface area contributed by atoms with Crippen molar-refractivity contribution in [3.05, 3.63) is 30.1 Å². The third-order valence-electron chi connectivity index (χ3n) is 4.05. The normalized spacial score (nSPS) is 16.1. The highest BCUT2D eigenvalue weighted by atomic mass is 35.5. The van der Waals surface area contributed by atoms with Crippen molar-refractivity contribution < 1.29 is 4.79 Å². The summed E-state index contributed by atoms with van der Waals surface area (Å²) in [6, 6.07) is 4.28. The summed E-state index contributed by atoms with van der Waals surface area (Å²) >= 11 is 0. The summed E-state index contributed by atoms with van der Waals surface area (Å²) < 4.78 is 0. The van der Waals surface area contributed by atoms with Crippen molar-refractivity contribution in [3.63, 3.8) is 0 Å². The van der Waals surface area contributed by atoms with Crippen molar-refractivity contribution in [2.24, 2.45) is 0 Å². The van der Waals surface area contributed by atoms with Gasteiger partial charge >= 0.3 is 0 Å². The molecule has 1 N–H and O–H groups in total. The number of rotatable bonds is 5. The van der Waals surface area contributed by atoms with E-state index in [-0.39, 0.29) is 36.6 Å². The van der Waals surface area contributed by atoms with Crippen LogP contribution in [0.5, 0.6) is 0 Å². The zero-order valence-corrected chi connectivity index (χ0v) is 15.0. The first kappa shape index (κ1) is 21.2. The predicted octanol–water partition coefficient (Wildman–Crippen LogP) is 3.02. The molecular weight excluding hydrogens is 321 g/mol. The summed E-state index contributed by atoms with van der Waals surface area (Å²) in [7, 11) is 0. The molecule has 1 saturated heterocycles. The van der Waals surface area contributed by atoms with Crippen LogP contribution in [0.15, 0.2) is 24.5 Å². The van der Waals surface area contributed by atoms with Crippen LogP contribution >= 0.6 is 24.8 Å². The van der Waals surface area contributed by atoms with Crippen LogP contribution in [0.1, 0.15) is 44.6 Å². The maximum absolute atomic E-state index is 12.8. The second-order valence-corrected chi connectivity index (χ2v) is 5.52. The number of aromatic nitrogens is 1. The number of amides is 1. The monoisotopic (exact) mass is 347 g/mol. The lowest BCUT2D eigenvalue weighted by Crippen LogP contribution is -2.47. The third-order valence-corrected chi connectivity index (χ3v) is 4.05. The molecule has 1 unspecified atom stereocenters. The molecule has 0 aliphatic carbocycles. The van der Waals surface area contributed by atoms with Gasteiger partial charge in [-0.15, -0.1) is 24.8 Å². The highest BCUT2D eigenvalue weighted by Crippen LogP contribution is 2.21. The van der Waals surface area contributed by atoms with E-state index in [4.69, 9.17) is 0 Å². The molecule has 2 heterocycles. The van der Waals surface area contributed by atoms with E-state index in [2.05, 4.69) is 22.1 Å². The van der Waals surface area contributed by atoms with E-state index in [0.29, 0.717) is 6.04 Å². The molecule has 22 heavy (non-hydrogen) atoms. The van der Waals surface area contributed by atoms with Crippen molar-refractivity contribution >= 4 is 30.7 Å². The molecule has 0 bridgehead atoms. The lowest BCUT2D eigenvalue weighted by atomic mass is 9.98. The van der Waals surface area contributed by atoms with Crippen LogP contribution in [-0.2, 0) is 4.79 Å². The Morgan fingerprint density at radius 2 is 2.09 bits per heavy atom. The Balaban J connectivity index is 0.00000220. The molecule has 1 fully saturated rings. The van der Waals surface area contributed by atoms with Crippen molar-refractivity contribution in [3.8, 4) is 0 Å². The second-order valence-electron chi connectivity index (χ2n) is 5.52. The molecule has 6 heteroatoms. The Morgan fingerprint density at radius 3 is 2.64 bits per heavy atom. The van der Waals surface area contributed by atoms with E-state index >= 15 is 0 Å². The number of carbonyl (C=O) groups is 1. The largest absolute Gasteiger partial charge is 0.339 e. The Hall–Kier alpha value is -0.840. The average Bonchev–Trinajstić information content (AvgIpc) is 2.53. The molecule has 126 valence electrons. The summed E-state index contributed by atoms with van der Waals surface area (Å²) in [6.07, 6.45) is 6.68. The van der Waals surface area contributed by atoms with Gasteiger partial charge in [-0.25, -0.2) is 0 Å². The molecule has 1 amide bonds. The number of hydrogen-bond donors (Lipinski definition) is 1. The lowest BCUT2D eigenvalue weighted by molar-refractivity contribution is -0.135. The van der Waals surface area contributed by atoms with Gasteiger partial charge < -0.3 is 10.2 Å². The van der Waals surface area contributed by atoms with Crippen LogP contribution in [0.2, 0.25) is 0 Å². The molecule has 1 aliphatic rings. The quantitative estimate of drug-likeness (QED) is 0.890. The number of nitrogens with one attached hydrogen (secondary N) is 1. The number of hydrogen-bond acceptors (Lipinski definition) is 3. The van der Waals surface area contributed by atoms with Gasteiger partial charge in [0.25, 0.3) is 0 Å². The molecule has 0 radical (unpaired) electrons. The molecule has 4 nitrogen and oxygen atoms in total. The van der Waals surface area contributed by atoms with E-state index < -0.39 is 0 Å². The first-order valence-electron chi connectivity index (χ1n) is 7.65. The molecular formula is C16H27Cl2N3O. The van der Waals surface area contributed by atoms with Crippen molar-refractivity contribution in [2.75, 3.05) is 19.6 Å². The lowest BCUT2D eigenvalue weighted by Gasteiger charge is -2.36. The first-order chi connectivity index (χ1) is 9.74. The van der Waals surface area contributed by atoms with E-state index in [9.17, 15) is 4.79 Å². The first-order valence-corrected chi connectivity index (χ1v) is 7.65. The number of pyridine rings is 1. The molecule has 1 aliphatic heterocycles. The molecule has 0 saturated carbocycles. The van der Waals surface area contributed by atoms with Gasteiger partial charge in [-0.2, -0.15) is 0 Å². The SMILES string of the molecule is CCCN(C(=O)C(C)c1cccnc1)C1CCNCC1.Cl.Cl. The topological polar surface area (TPSA) is 45.2 Å². The highest BCUT2D eigenvalue weighted by Gasteiger charge is 2.28. The van der Waals surface area contributed by atoms with E-state index in [1.165, 1.54) is 0 Å². The maximum atomic E-state index is 12.8. The van der Waals surface area contributed by atoms with Gasteiger partial charge in [-0.3, -0.25) is 9.78 Å². The molecule has 0 aromatic carbocycles. The number of halogens is 2. The molecule has 1 atom stereocenters. The van der Waals surface area contributed by atoms with Crippen LogP contribution in [0.3, 0.4) is 0 Å². The van der Waals surface area contributed by atoms with Crippen LogP contribution in [0.4, 0.5) is 0 Å². The Kier molecular flexibility index (Phi) is 10.4. The van der Waals surface area contributed by atoms with Crippen molar-refractivity contribution in [2.45, 2.75) is 45.1 Å². The standard InChI is InChI=1S/C16H25N3O.2ClH/c1-3-11-19(15-6-9-17-10-7-15)16(20)13(2)14-5-4-8-18-12-14;;/h4-5,8,12-13,15,17H,3,6-7,9-11H2,1-2H3;2*1H. The Morgan fingerprint density at radius 1 is 1.41 bits per heavy atom. The van der Waals surface area contributed by atoms with E-state index in [1.807, 2.05) is 19.1 Å². The summed E-state index contributed by atoms with van der Waals surface area (Å²) in [5.41, 5.74) is 1.01. The molecule has 2 rings (SSSR count). The van der Waals surface area contributed by atoms with Crippen LogP contribution < -0.4 is 5.32 Å². The smallest absolute Gasteiger partial charge is 0.230 e. The van der Waals surface area contributed by atoms with E-state index in [1.54, 1.807) is 12.4 Å². The van der Waals surface area contributed by atoms with Crippen LogP contribution in [0, 0.1) is 0 Å². The minimum Gasteiger partial charge on any atom is -0.339 e. The zero-order valence-electron chi connectivity index (χ0n) is 13.3. The Bertz CT molecular complexity index is 425. The summed E-state index contributed by atoms with van der Waals surface area (Å²) in [6.45, 7) is 7.01. The maximum Gasteiger partial charge on any atom is 0.230 e. The fourth-order valence-corrected chi connectivity index (χ4v) is 2.86. The van der Waals surface area contributed by atoms with Gasteiger partial charge in [0.2, 0.25) is 5.91 Å². The van der Waals surface area contributed by atoms with Gasteiger partial charge in [-0.05, 0) is 50.9 Å². The minimum absolute atomic E-state index is 0. The summed E-state index contributed by atoms with van der Waals surface area (Å²) in [4.78, 5) is 19.0. The summed E-state index contributed by atoms with van der Waals surface area (Å²) in [5, 5.41) is 3.36. The van der Waals surface area contributed by atoms with Crippen molar-refractivity contribution in [1.82, 2.24) is 15.2 Å². The third kappa shape index (κ3) is 5.41. The summed E-state index contributed by atoms with van der Waals surface area (Å²) in [5.74, 6) is 0.136. The highest BCUT2D eigenvalue weighted by molar-refractivity contribution is 5.85. The van der Waals surface area contributed by atoms with Gasteiger partial charge in [0, 0.05) is 25.0 Å². The molecule has 0 spiro atoms. The number of piperidine rings is 1. The fourth-order valence-electron chi connectivity index (χ4n) is 2.86. The zero-order chi connectivity index (χ0) is 14.4. The fraction of sp³-hybridized carbons (Fsp3) is 0.625. The van der Waals surface area contributed by atoms with Gasteiger partial charge in [0.15, 0.2) is 0 Å². The van der Waals surface area contributed by atoms with Crippen molar-refractivity contribution in [1.29, 1.82) is 0 Å². The van der Waals surface area contributed by atoms with Crippen LogP contribution in [0.25, 0.3) is 0 Å². The van der Waals surface area contributed by atoms with Gasteiger partial charge in [0.1, 0.15) is 0 Å². The number of nitrogens with zero attached hydrogens (tertiary/aromatic N) is 2. The second kappa shape index (κ2) is 10.8. The molecule has 1 aromatic rings. The predicted molar refractivity (Wildman–Crippen MR) is 95.0 cm³/mol. The van der Waals surface area contributed by atoms with Crippen LogP contribution in [-0.4, -0.2) is 41.5 Å². The average molecular weight is 348 g/mol. The van der Waals surface area contributed by atoms with Gasteiger partial charge in [0.05, 0.1) is 5.92 Å².